The van der Waals surface area contributed by atoms with Crippen LogP contribution in [0, 0.1) is 0 Å². The normalized spacial score (nSPS) is 12.7. The van der Waals surface area contributed by atoms with E-state index in [0.29, 0.717) is 29.2 Å². The average molecular weight is 913 g/mol. The van der Waals surface area contributed by atoms with Gasteiger partial charge in [0.25, 0.3) is 0 Å². The Kier molecular flexibility index (Phi) is 21.6. The third-order valence-electron chi connectivity index (χ3n) is 12.5. The van der Waals surface area contributed by atoms with Crippen molar-refractivity contribution in [2.75, 3.05) is 6.61 Å². The zero-order valence-corrected chi connectivity index (χ0v) is 45.7. The predicted molar refractivity (Wildman–Crippen MR) is 280 cm³/mol. The molecule has 0 saturated heterocycles. The van der Waals surface area contributed by atoms with Crippen LogP contribution < -0.4 is 4.74 Å². The lowest BCUT2D eigenvalue weighted by Crippen LogP contribution is -2.21. The number of rotatable bonds is 18. The number of unbranched alkanes of at least 4 members (excludes halogenated alkanes) is 13. The quantitative estimate of drug-likeness (QED) is 0.0750. The van der Waals surface area contributed by atoms with Gasteiger partial charge in [-0.2, -0.15) is 0 Å². The zero-order chi connectivity index (χ0) is 50.5. The van der Waals surface area contributed by atoms with Gasteiger partial charge in [-0.3, -0.25) is 0 Å². The monoisotopic (exact) mass is 913 g/mol. The lowest BCUT2D eigenvalue weighted by atomic mass is 9.78. The molecule has 6 nitrogen and oxygen atoms in total. The Morgan fingerprint density at radius 1 is 0.409 bits per heavy atom. The van der Waals surface area contributed by atoms with Crippen LogP contribution in [-0.2, 0) is 37.2 Å². The first-order chi connectivity index (χ1) is 30.2. The number of hydrogen-bond acceptors (Lipinski definition) is 6. The van der Waals surface area contributed by atoms with Gasteiger partial charge >= 0.3 is 11.9 Å². The summed E-state index contributed by atoms with van der Waals surface area (Å²) in [6, 6.07) is 13.3. The van der Waals surface area contributed by atoms with E-state index in [2.05, 4.69) is 96.1 Å². The fourth-order valence-corrected chi connectivity index (χ4v) is 8.17. The van der Waals surface area contributed by atoms with E-state index < -0.39 is 5.97 Å². The van der Waals surface area contributed by atoms with Gasteiger partial charge in [0.05, 0.1) is 17.7 Å². The van der Waals surface area contributed by atoms with Crippen LogP contribution in [0.1, 0.15) is 276 Å². The van der Waals surface area contributed by atoms with Crippen molar-refractivity contribution in [3.8, 4) is 17.2 Å². The molecule has 0 heterocycles. The summed E-state index contributed by atoms with van der Waals surface area (Å²) in [6.07, 6.45) is 18.4. The Labute approximate surface area is 404 Å². The molecule has 6 heteroatoms. The zero-order valence-electron chi connectivity index (χ0n) is 45.7. The molecule has 0 bridgehead atoms. The fraction of sp³-hybridized carbons (Fsp3) is 0.667. The highest BCUT2D eigenvalue weighted by Crippen LogP contribution is 2.42. The van der Waals surface area contributed by atoms with Crippen molar-refractivity contribution in [3.05, 3.63) is 87.0 Å². The van der Waals surface area contributed by atoms with Crippen molar-refractivity contribution in [2.24, 2.45) is 0 Å². The maximum absolute atomic E-state index is 13.3. The molecule has 3 aromatic carbocycles. The topological polar surface area (TPSA) is 93.1 Å². The molecular weight excluding hydrogens is 817 g/mol. The Hall–Kier alpha value is -3.80. The number of esters is 2. The molecule has 0 fully saturated rings. The first-order valence-electron chi connectivity index (χ1n) is 25.5. The van der Waals surface area contributed by atoms with E-state index in [1.165, 1.54) is 82.6 Å². The minimum Gasteiger partial charge on any atom is -0.507 e. The first-order valence-corrected chi connectivity index (χ1v) is 25.5. The smallest absolute Gasteiger partial charge is 0.343 e. The summed E-state index contributed by atoms with van der Waals surface area (Å²) in [6.45, 7) is 40.2. The predicted octanol–water partition coefficient (Wildman–Crippen LogP) is 17.4. The van der Waals surface area contributed by atoms with Crippen molar-refractivity contribution in [3.63, 3.8) is 0 Å². The number of phenolic OH excluding ortho intramolecular Hbond substituents is 2. The molecule has 2 N–H and O–H groups in total. The minimum atomic E-state index is -0.407. The second-order valence-corrected chi connectivity index (χ2v) is 25.2. The number of hydrogen-bond donors (Lipinski definition) is 2. The number of carbonyl (C=O) groups excluding carboxylic acids is 2. The van der Waals surface area contributed by atoms with E-state index in [9.17, 15) is 19.8 Å². The molecule has 66 heavy (non-hydrogen) atoms. The molecule has 0 atom stereocenters. The Bertz CT molecular complexity index is 1920. The average Bonchev–Trinajstić information content (AvgIpc) is 3.17. The largest absolute Gasteiger partial charge is 0.507 e. The van der Waals surface area contributed by atoms with E-state index in [1.54, 1.807) is 24.3 Å². The third-order valence-corrected chi connectivity index (χ3v) is 12.5. The van der Waals surface area contributed by atoms with Crippen LogP contribution in [0.25, 0.3) is 0 Å². The molecule has 3 aromatic rings. The molecule has 0 aliphatic carbocycles. The van der Waals surface area contributed by atoms with Crippen LogP contribution in [0.3, 0.4) is 0 Å². The van der Waals surface area contributed by atoms with Crippen LogP contribution in [0.2, 0.25) is 0 Å². The minimum absolute atomic E-state index is 0.00269. The van der Waals surface area contributed by atoms with Crippen molar-refractivity contribution in [1.82, 2.24) is 0 Å². The number of aromatic hydroxyl groups is 2. The Morgan fingerprint density at radius 2 is 0.727 bits per heavy atom. The van der Waals surface area contributed by atoms with Gasteiger partial charge in [0.15, 0.2) is 0 Å². The van der Waals surface area contributed by atoms with Crippen LogP contribution in [0.5, 0.6) is 17.2 Å². The van der Waals surface area contributed by atoms with Crippen LogP contribution in [0.4, 0.5) is 0 Å². The molecule has 0 amide bonds. The second-order valence-electron chi connectivity index (χ2n) is 25.2. The SMILES string of the molecule is CC(C)(C)c1ccc(OC(=O)c2cc(C(C)(C)C)c(O)c(C(C)(C)C)c2)c(C(C)(C)C)c1.CCCCCCCCCCCCCCCCOC(=O)c1cc(C(C)(C)C)c(O)c(C(C)(C)C)c1. The van der Waals surface area contributed by atoms with Crippen LogP contribution in [-0.4, -0.2) is 28.8 Å². The number of phenols is 2. The van der Waals surface area contributed by atoms with Gasteiger partial charge < -0.3 is 19.7 Å². The van der Waals surface area contributed by atoms with Gasteiger partial charge in [0.2, 0.25) is 0 Å². The van der Waals surface area contributed by atoms with Crippen molar-refractivity contribution < 1.29 is 29.3 Å². The molecule has 0 spiro atoms. The molecule has 0 saturated carbocycles. The van der Waals surface area contributed by atoms with E-state index in [1.807, 2.05) is 53.7 Å². The number of ether oxygens (including phenoxy) is 2. The van der Waals surface area contributed by atoms with Crippen molar-refractivity contribution >= 4 is 11.9 Å². The Morgan fingerprint density at radius 3 is 1.05 bits per heavy atom. The molecule has 0 aliphatic heterocycles. The summed E-state index contributed by atoms with van der Waals surface area (Å²) in [5.41, 5.74) is 4.97. The maximum atomic E-state index is 13.3. The maximum Gasteiger partial charge on any atom is 0.343 e. The molecule has 372 valence electrons. The van der Waals surface area contributed by atoms with E-state index in [-0.39, 0.29) is 44.2 Å². The standard InChI is InChI=1S/C31H54O3.C29H42O3/c1-8-9-10-11-12-13-14-15-16-17-18-19-20-21-22-34-29(33)25-23-26(30(2,3)4)28(32)27(24-25)31(5,6)7;1-26(2,3)19-13-14-23(20(17-19)27(4,5)6)32-25(31)18-15-21(28(7,8)9)24(30)22(16-18)29(10,11)12/h23-24,32H,8-22H2,1-7H3;13-17,30H,1-12H3. The summed E-state index contributed by atoms with van der Waals surface area (Å²) in [4.78, 5) is 26.1. The number of benzene rings is 3. The summed E-state index contributed by atoms with van der Waals surface area (Å²) >= 11 is 0. The van der Waals surface area contributed by atoms with E-state index in [0.717, 1.165) is 40.7 Å². The van der Waals surface area contributed by atoms with Gasteiger partial charge in [0, 0.05) is 27.8 Å². The molecular formula is C60H96O6. The molecule has 0 aliphatic rings. The summed E-state index contributed by atoms with van der Waals surface area (Å²) in [5, 5.41) is 21.8. The lowest BCUT2D eigenvalue weighted by Gasteiger charge is -2.28. The summed E-state index contributed by atoms with van der Waals surface area (Å²) in [5.74, 6) is 0.439. The Balaban J connectivity index is 0.000000454. The third kappa shape index (κ3) is 18.7. The van der Waals surface area contributed by atoms with Crippen molar-refractivity contribution in [1.29, 1.82) is 0 Å². The van der Waals surface area contributed by atoms with Crippen LogP contribution in [0.15, 0.2) is 42.5 Å². The van der Waals surface area contributed by atoms with Gasteiger partial charge in [-0.25, -0.2) is 9.59 Å². The van der Waals surface area contributed by atoms with Gasteiger partial charge in [0.1, 0.15) is 17.2 Å². The van der Waals surface area contributed by atoms with Gasteiger partial charge in [-0.05, 0) is 74.8 Å². The number of carbonyl (C=O) groups is 2. The fourth-order valence-electron chi connectivity index (χ4n) is 8.17. The highest BCUT2D eigenvalue weighted by Gasteiger charge is 2.31. The van der Waals surface area contributed by atoms with E-state index in [4.69, 9.17) is 9.47 Å². The molecule has 0 aromatic heterocycles. The van der Waals surface area contributed by atoms with Gasteiger partial charge in [-0.15, -0.1) is 0 Å². The highest BCUT2D eigenvalue weighted by molar-refractivity contribution is 5.92. The molecule has 0 radical (unpaired) electrons. The second kappa shape index (κ2) is 24.5. The van der Waals surface area contributed by atoms with E-state index >= 15 is 0 Å². The highest BCUT2D eigenvalue weighted by atomic mass is 16.5. The summed E-state index contributed by atoms with van der Waals surface area (Å²) in [7, 11) is 0. The molecule has 3 rings (SSSR count). The lowest BCUT2D eigenvalue weighted by molar-refractivity contribution is 0.0497. The first kappa shape index (κ1) is 58.3. The van der Waals surface area contributed by atoms with Crippen LogP contribution >= 0.6 is 0 Å². The van der Waals surface area contributed by atoms with Crippen molar-refractivity contribution in [2.45, 2.75) is 254 Å². The molecule has 0 unspecified atom stereocenters. The summed E-state index contributed by atoms with van der Waals surface area (Å²) < 4.78 is 11.6. The van der Waals surface area contributed by atoms with Gasteiger partial charge in [-0.1, -0.05) is 227 Å².